The van der Waals surface area contributed by atoms with Crippen molar-refractivity contribution in [3.8, 4) is 0 Å². The molecule has 1 saturated heterocycles. The van der Waals surface area contributed by atoms with Crippen LogP contribution in [0.2, 0.25) is 0 Å². The van der Waals surface area contributed by atoms with Gasteiger partial charge in [-0.15, -0.1) is 0 Å². The standard InChI is InChI=1S/C11H22N2O2/c1-3-13-7-4-5-10(6-8-13)12(2)9-11(14)15/h10H,3-9H2,1-2H3,(H,14,15). The zero-order valence-electron chi connectivity index (χ0n) is 9.78. The molecule has 1 aliphatic heterocycles. The molecule has 1 rings (SSSR count). The first kappa shape index (κ1) is 12.5. The van der Waals surface area contributed by atoms with Crippen molar-refractivity contribution in [3.05, 3.63) is 0 Å². The molecular weight excluding hydrogens is 192 g/mol. The smallest absolute Gasteiger partial charge is 0.317 e. The fourth-order valence-corrected chi connectivity index (χ4v) is 2.24. The predicted octanol–water partition coefficient (Wildman–Crippen LogP) is 0.877. The molecule has 1 aliphatic rings. The van der Waals surface area contributed by atoms with Crippen molar-refractivity contribution in [1.29, 1.82) is 0 Å². The monoisotopic (exact) mass is 214 g/mol. The first-order chi connectivity index (χ1) is 7.13. The average Bonchev–Trinajstić information content (AvgIpc) is 2.41. The number of carboxylic acids is 1. The van der Waals surface area contributed by atoms with Crippen molar-refractivity contribution in [2.45, 2.75) is 32.2 Å². The molecule has 1 heterocycles. The van der Waals surface area contributed by atoms with Gasteiger partial charge in [-0.2, -0.15) is 0 Å². The third-order valence-corrected chi connectivity index (χ3v) is 3.25. The number of rotatable bonds is 4. The van der Waals surface area contributed by atoms with Gasteiger partial charge in [-0.25, -0.2) is 0 Å². The molecule has 0 saturated carbocycles. The molecule has 0 aromatic heterocycles. The van der Waals surface area contributed by atoms with E-state index in [2.05, 4.69) is 11.8 Å². The highest BCUT2D eigenvalue weighted by atomic mass is 16.4. The lowest BCUT2D eigenvalue weighted by Gasteiger charge is -2.25. The summed E-state index contributed by atoms with van der Waals surface area (Å²) < 4.78 is 0. The van der Waals surface area contributed by atoms with Crippen molar-refractivity contribution in [3.63, 3.8) is 0 Å². The Morgan fingerprint density at radius 1 is 1.47 bits per heavy atom. The molecule has 0 bridgehead atoms. The lowest BCUT2D eigenvalue weighted by Crippen LogP contribution is -2.36. The number of nitrogens with zero attached hydrogens (tertiary/aromatic N) is 2. The highest BCUT2D eigenvalue weighted by molar-refractivity contribution is 5.69. The molecule has 4 nitrogen and oxygen atoms in total. The fourth-order valence-electron chi connectivity index (χ4n) is 2.24. The van der Waals surface area contributed by atoms with Gasteiger partial charge < -0.3 is 10.0 Å². The number of hydrogen-bond donors (Lipinski definition) is 1. The summed E-state index contributed by atoms with van der Waals surface area (Å²) >= 11 is 0. The molecule has 88 valence electrons. The lowest BCUT2D eigenvalue weighted by atomic mass is 10.1. The molecule has 1 N–H and O–H groups in total. The number of carbonyl (C=O) groups is 1. The number of carboxylic acid groups (broad SMARTS) is 1. The van der Waals surface area contributed by atoms with Gasteiger partial charge in [0.05, 0.1) is 6.54 Å². The van der Waals surface area contributed by atoms with Gasteiger partial charge in [0, 0.05) is 6.04 Å². The van der Waals surface area contributed by atoms with Crippen molar-refractivity contribution < 1.29 is 9.90 Å². The number of likely N-dealkylation sites (N-methyl/N-ethyl adjacent to an activating group) is 1. The van der Waals surface area contributed by atoms with Gasteiger partial charge in [0.25, 0.3) is 0 Å². The third-order valence-electron chi connectivity index (χ3n) is 3.25. The molecule has 1 fully saturated rings. The zero-order chi connectivity index (χ0) is 11.3. The van der Waals surface area contributed by atoms with Crippen LogP contribution in [0.3, 0.4) is 0 Å². The molecule has 4 heteroatoms. The largest absolute Gasteiger partial charge is 0.480 e. The highest BCUT2D eigenvalue weighted by Gasteiger charge is 2.20. The van der Waals surface area contributed by atoms with Crippen LogP contribution in [0.1, 0.15) is 26.2 Å². The summed E-state index contributed by atoms with van der Waals surface area (Å²) in [5.41, 5.74) is 0. The molecule has 0 radical (unpaired) electrons. The summed E-state index contributed by atoms with van der Waals surface area (Å²) in [5, 5.41) is 8.73. The van der Waals surface area contributed by atoms with E-state index < -0.39 is 5.97 Å². The van der Waals surface area contributed by atoms with Crippen LogP contribution in [-0.4, -0.2) is 60.1 Å². The quantitative estimate of drug-likeness (QED) is 0.754. The minimum Gasteiger partial charge on any atom is -0.480 e. The topological polar surface area (TPSA) is 43.8 Å². The van der Waals surface area contributed by atoms with Crippen molar-refractivity contribution in [1.82, 2.24) is 9.80 Å². The van der Waals surface area contributed by atoms with E-state index in [4.69, 9.17) is 5.11 Å². The Hall–Kier alpha value is -0.610. The van der Waals surface area contributed by atoms with Gasteiger partial charge >= 0.3 is 5.97 Å². The average molecular weight is 214 g/mol. The van der Waals surface area contributed by atoms with E-state index in [0.29, 0.717) is 6.04 Å². The molecule has 15 heavy (non-hydrogen) atoms. The minimum atomic E-state index is -0.728. The van der Waals surface area contributed by atoms with E-state index in [-0.39, 0.29) is 6.54 Å². The van der Waals surface area contributed by atoms with Crippen LogP contribution in [-0.2, 0) is 4.79 Å². The van der Waals surface area contributed by atoms with Gasteiger partial charge in [-0.1, -0.05) is 6.92 Å². The van der Waals surface area contributed by atoms with Gasteiger partial charge in [0.1, 0.15) is 0 Å². The van der Waals surface area contributed by atoms with Gasteiger partial charge in [0.2, 0.25) is 0 Å². The van der Waals surface area contributed by atoms with Crippen LogP contribution in [0, 0.1) is 0 Å². The predicted molar refractivity (Wildman–Crippen MR) is 60.0 cm³/mol. The van der Waals surface area contributed by atoms with Crippen molar-refractivity contribution >= 4 is 5.97 Å². The highest BCUT2D eigenvalue weighted by Crippen LogP contribution is 2.15. The van der Waals surface area contributed by atoms with Crippen LogP contribution >= 0.6 is 0 Å². The normalized spacial score (nSPS) is 24.1. The van der Waals surface area contributed by atoms with Crippen LogP contribution in [0.15, 0.2) is 0 Å². The Kier molecular flexibility index (Phi) is 5.05. The van der Waals surface area contributed by atoms with Crippen LogP contribution in [0.25, 0.3) is 0 Å². The Morgan fingerprint density at radius 3 is 2.80 bits per heavy atom. The van der Waals surface area contributed by atoms with E-state index in [1.807, 2.05) is 11.9 Å². The van der Waals surface area contributed by atoms with Crippen molar-refractivity contribution in [2.75, 3.05) is 33.2 Å². The Labute approximate surface area is 91.9 Å². The fraction of sp³-hybridized carbons (Fsp3) is 0.909. The van der Waals surface area contributed by atoms with E-state index in [9.17, 15) is 4.79 Å². The van der Waals surface area contributed by atoms with E-state index >= 15 is 0 Å². The number of likely N-dealkylation sites (tertiary alicyclic amines) is 1. The number of aliphatic carboxylic acids is 1. The summed E-state index contributed by atoms with van der Waals surface area (Å²) in [6.07, 6.45) is 3.40. The second kappa shape index (κ2) is 6.08. The Balaban J connectivity index is 2.39. The second-order valence-corrected chi connectivity index (χ2v) is 4.33. The second-order valence-electron chi connectivity index (χ2n) is 4.33. The lowest BCUT2D eigenvalue weighted by molar-refractivity contribution is -0.138. The Bertz CT molecular complexity index is 209. The first-order valence-corrected chi connectivity index (χ1v) is 5.78. The van der Waals surface area contributed by atoms with E-state index in [0.717, 1.165) is 32.5 Å². The van der Waals surface area contributed by atoms with Crippen LogP contribution < -0.4 is 0 Å². The molecule has 0 spiro atoms. The molecular formula is C11H22N2O2. The van der Waals surface area contributed by atoms with Gasteiger partial charge in [0.15, 0.2) is 0 Å². The van der Waals surface area contributed by atoms with Crippen molar-refractivity contribution in [2.24, 2.45) is 0 Å². The molecule has 0 aromatic rings. The Morgan fingerprint density at radius 2 is 2.20 bits per heavy atom. The molecule has 0 aliphatic carbocycles. The number of hydrogen-bond acceptors (Lipinski definition) is 3. The minimum absolute atomic E-state index is 0.163. The van der Waals surface area contributed by atoms with Crippen LogP contribution in [0.5, 0.6) is 0 Å². The summed E-state index contributed by atoms with van der Waals surface area (Å²) in [6.45, 7) is 5.71. The summed E-state index contributed by atoms with van der Waals surface area (Å²) in [6, 6.07) is 0.442. The molecule has 1 unspecified atom stereocenters. The summed E-state index contributed by atoms with van der Waals surface area (Å²) in [7, 11) is 1.92. The molecule has 1 atom stereocenters. The zero-order valence-corrected chi connectivity index (χ0v) is 9.78. The maximum absolute atomic E-state index is 10.6. The van der Waals surface area contributed by atoms with Gasteiger partial charge in [-0.05, 0) is 45.9 Å². The maximum atomic E-state index is 10.6. The maximum Gasteiger partial charge on any atom is 0.317 e. The summed E-state index contributed by atoms with van der Waals surface area (Å²) in [4.78, 5) is 15.0. The molecule has 0 amide bonds. The van der Waals surface area contributed by atoms with Gasteiger partial charge in [-0.3, -0.25) is 9.69 Å². The van der Waals surface area contributed by atoms with Crippen LogP contribution in [0.4, 0.5) is 0 Å². The van der Waals surface area contributed by atoms with E-state index in [1.54, 1.807) is 0 Å². The third kappa shape index (κ3) is 4.18. The SMILES string of the molecule is CCN1CCCC(N(C)CC(=O)O)CC1. The first-order valence-electron chi connectivity index (χ1n) is 5.78. The van der Waals surface area contributed by atoms with E-state index in [1.165, 1.54) is 6.42 Å². The molecule has 0 aromatic carbocycles. The summed E-state index contributed by atoms with van der Waals surface area (Å²) in [5.74, 6) is -0.728.